The Labute approximate surface area is 206 Å². The molecule has 1 saturated heterocycles. The van der Waals surface area contributed by atoms with Crippen LogP contribution in [0.3, 0.4) is 0 Å². The fourth-order valence-electron chi connectivity index (χ4n) is 4.33. The molecule has 2 heterocycles. The SMILES string of the molecule is O=C(Nc1cccc(Nc2nccc(-c3ccccc3)n2)c1)c1ccc(CN2CCCCC2)cc1. The van der Waals surface area contributed by atoms with Crippen LogP contribution in [0.25, 0.3) is 11.3 Å². The highest BCUT2D eigenvalue weighted by atomic mass is 16.1. The summed E-state index contributed by atoms with van der Waals surface area (Å²) in [5.74, 6) is 0.369. The molecule has 3 aromatic carbocycles. The monoisotopic (exact) mass is 463 g/mol. The summed E-state index contributed by atoms with van der Waals surface area (Å²) in [6.07, 6.45) is 5.62. The van der Waals surface area contributed by atoms with E-state index in [4.69, 9.17) is 0 Å². The first-order valence-electron chi connectivity index (χ1n) is 12.1. The highest BCUT2D eigenvalue weighted by Crippen LogP contribution is 2.22. The molecule has 176 valence electrons. The number of hydrogen-bond donors (Lipinski definition) is 2. The first-order chi connectivity index (χ1) is 17.2. The minimum Gasteiger partial charge on any atom is -0.324 e. The van der Waals surface area contributed by atoms with Crippen molar-refractivity contribution in [3.8, 4) is 11.3 Å². The summed E-state index contributed by atoms with van der Waals surface area (Å²) < 4.78 is 0. The van der Waals surface area contributed by atoms with Gasteiger partial charge in [0.2, 0.25) is 5.95 Å². The summed E-state index contributed by atoms with van der Waals surface area (Å²) in [5.41, 5.74) is 5.26. The molecule has 0 atom stereocenters. The van der Waals surface area contributed by atoms with Crippen molar-refractivity contribution < 1.29 is 4.79 Å². The Morgan fingerprint density at radius 3 is 2.40 bits per heavy atom. The number of rotatable bonds is 7. The summed E-state index contributed by atoms with van der Waals surface area (Å²) in [6.45, 7) is 3.27. The third-order valence-corrected chi connectivity index (χ3v) is 6.17. The number of carbonyl (C=O) groups excluding carboxylic acids is 1. The number of nitrogens with one attached hydrogen (secondary N) is 2. The summed E-state index contributed by atoms with van der Waals surface area (Å²) >= 11 is 0. The van der Waals surface area contributed by atoms with Crippen molar-refractivity contribution in [2.45, 2.75) is 25.8 Å². The van der Waals surface area contributed by atoms with Gasteiger partial charge in [-0.2, -0.15) is 0 Å². The van der Waals surface area contributed by atoms with Crippen LogP contribution < -0.4 is 10.6 Å². The number of hydrogen-bond acceptors (Lipinski definition) is 5. The van der Waals surface area contributed by atoms with E-state index in [-0.39, 0.29) is 5.91 Å². The van der Waals surface area contributed by atoms with E-state index >= 15 is 0 Å². The van der Waals surface area contributed by atoms with Crippen LogP contribution in [0, 0.1) is 0 Å². The molecule has 4 aromatic rings. The van der Waals surface area contributed by atoms with E-state index in [1.54, 1.807) is 6.20 Å². The number of anilines is 3. The van der Waals surface area contributed by atoms with Gasteiger partial charge in [0.25, 0.3) is 5.91 Å². The maximum Gasteiger partial charge on any atom is 0.255 e. The minimum atomic E-state index is -0.131. The Balaban J connectivity index is 1.22. The first-order valence-corrected chi connectivity index (χ1v) is 12.1. The molecule has 0 bridgehead atoms. The molecule has 6 nitrogen and oxygen atoms in total. The lowest BCUT2D eigenvalue weighted by Crippen LogP contribution is -2.29. The van der Waals surface area contributed by atoms with Gasteiger partial charge in [-0.1, -0.05) is 55.0 Å². The van der Waals surface area contributed by atoms with Gasteiger partial charge in [-0.15, -0.1) is 0 Å². The Morgan fingerprint density at radius 1 is 0.829 bits per heavy atom. The van der Waals surface area contributed by atoms with E-state index in [1.807, 2.05) is 72.8 Å². The molecule has 0 aliphatic carbocycles. The molecule has 0 spiro atoms. The Morgan fingerprint density at radius 2 is 1.60 bits per heavy atom. The Kier molecular flexibility index (Phi) is 7.10. The number of benzene rings is 3. The number of likely N-dealkylation sites (tertiary alicyclic amines) is 1. The number of nitrogens with zero attached hydrogens (tertiary/aromatic N) is 3. The van der Waals surface area contributed by atoms with Gasteiger partial charge in [0, 0.05) is 35.2 Å². The van der Waals surface area contributed by atoms with Crippen LogP contribution in [0.1, 0.15) is 35.2 Å². The van der Waals surface area contributed by atoms with Gasteiger partial charge >= 0.3 is 0 Å². The molecule has 1 amide bonds. The van der Waals surface area contributed by atoms with Gasteiger partial charge in [0.05, 0.1) is 5.69 Å². The van der Waals surface area contributed by atoms with Gasteiger partial charge in [-0.05, 0) is 67.9 Å². The number of carbonyl (C=O) groups is 1. The standard InChI is InChI=1S/C29H29N5O/c35-28(24-14-12-22(13-15-24)21-34-18-5-2-6-19-34)31-25-10-7-11-26(20-25)32-29-30-17-16-27(33-29)23-8-3-1-4-9-23/h1,3-4,7-17,20H,2,5-6,18-19,21H2,(H,31,35)(H,30,32,33). The predicted molar refractivity (Wildman–Crippen MR) is 141 cm³/mol. The summed E-state index contributed by atoms with van der Waals surface area (Å²) in [7, 11) is 0. The maximum atomic E-state index is 12.8. The van der Waals surface area contributed by atoms with Gasteiger partial charge in [0.15, 0.2) is 0 Å². The van der Waals surface area contributed by atoms with Crippen LogP contribution in [0.5, 0.6) is 0 Å². The largest absolute Gasteiger partial charge is 0.324 e. The lowest BCUT2D eigenvalue weighted by molar-refractivity contribution is 0.102. The van der Waals surface area contributed by atoms with Crippen molar-refractivity contribution in [1.29, 1.82) is 0 Å². The van der Waals surface area contributed by atoms with E-state index in [2.05, 4.69) is 37.6 Å². The molecule has 2 N–H and O–H groups in total. The lowest BCUT2D eigenvalue weighted by Gasteiger charge is -2.26. The highest BCUT2D eigenvalue weighted by molar-refractivity contribution is 6.04. The second-order valence-electron chi connectivity index (χ2n) is 8.83. The quantitative estimate of drug-likeness (QED) is 0.345. The van der Waals surface area contributed by atoms with Crippen LogP contribution in [0.2, 0.25) is 0 Å². The van der Waals surface area contributed by atoms with Crippen molar-refractivity contribution in [3.05, 3.63) is 102 Å². The van der Waals surface area contributed by atoms with Crippen molar-refractivity contribution in [2.24, 2.45) is 0 Å². The van der Waals surface area contributed by atoms with E-state index in [0.29, 0.717) is 17.2 Å². The summed E-state index contributed by atoms with van der Waals surface area (Å²) in [6, 6.07) is 27.3. The van der Waals surface area contributed by atoms with Crippen LogP contribution in [0.15, 0.2) is 91.1 Å². The van der Waals surface area contributed by atoms with Crippen LogP contribution in [0.4, 0.5) is 17.3 Å². The minimum absolute atomic E-state index is 0.131. The summed E-state index contributed by atoms with van der Waals surface area (Å²) in [5, 5.41) is 6.23. The fraction of sp³-hybridized carbons (Fsp3) is 0.207. The molecular weight excluding hydrogens is 434 g/mol. The normalized spacial score (nSPS) is 13.8. The highest BCUT2D eigenvalue weighted by Gasteiger charge is 2.12. The predicted octanol–water partition coefficient (Wildman–Crippen LogP) is 6.13. The van der Waals surface area contributed by atoms with Crippen molar-refractivity contribution in [1.82, 2.24) is 14.9 Å². The van der Waals surface area contributed by atoms with E-state index in [1.165, 1.54) is 24.8 Å². The topological polar surface area (TPSA) is 70.1 Å². The van der Waals surface area contributed by atoms with Crippen molar-refractivity contribution >= 4 is 23.2 Å². The molecule has 35 heavy (non-hydrogen) atoms. The van der Waals surface area contributed by atoms with E-state index in [9.17, 15) is 4.79 Å². The molecule has 1 aromatic heterocycles. The average Bonchev–Trinajstić information content (AvgIpc) is 2.91. The molecule has 1 fully saturated rings. The fourth-order valence-corrected chi connectivity index (χ4v) is 4.33. The lowest BCUT2D eigenvalue weighted by atomic mass is 10.1. The van der Waals surface area contributed by atoms with Gasteiger partial charge in [0.1, 0.15) is 0 Å². The number of amides is 1. The first kappa shape index (κ1) is 22.7. The third kappa shape index (κ3) is 6.11. The molecule has 5 rings (SSSR count). The second kappa shape index (κ2) is 10.9. The zero-order chi connectivity index (χ0) is 23.9. The molecule has 1 aliphatic heterocycles. The van der Waals surface area contributed by atoms with Crippen LogP contribution in [-0.4, -0.2) is 33.9 Å². The van der Waals surface area contributed by atoms with Crippen molar-refractivity contribution in [3.63, 3.8) is 0 Å². The van der Waals surface area contributed by atoms with E-state index in [0.717, 1.165) is 36.6 Å². The van der Waals surface area contributed by atoms with Gasteiger partial charge < -0.3 is 10.6 Å². The average molecular weight is 464 g/mol. The Bertz CT molecular complexity index is 1270. The second-order valence-corrected chi connectivity index (χ2v) is 8.83. The van der Waals surface area contributed by atoms with Crippen LogP contribution in [-0.2, 0) is 6.54 Å². The van der Waals surface area contributed by atoms with Gasteiger partial charge in [-0.25, -0.2) is 9.97 Å². The molecule has 1 aliphatic rings. The smallest absolute Gasteiger partial charge is 0.255 e. The molecule has 0 saturated carbocycles. The number of piperidine rings is 1. The molecule has 0 radical (unpaired) electrons. The van der Waals surface area contributed by atoms with E-state index < -0.39 is 0 Å². The summed E-state index contributed by atoms with van der Waals surface area (Å²) in [4.78, 5) is 24.3. The maximum absolute atomic E-state index is 12.8. The zero-order valence-corrected chi connectivity index (χ0v) is 19.7. The van der Waals surface area contributed by atoms with Gasteiger partial charge in [-0.3, -0.25) is 9.69 Å². The third-order valence-electron chi connectivity index (χ3n) is 6.17. The molecule has 6 heteroatoms. The number of aromatic nitrogens is 2. The van der Waals surface area contributed by atoms with Crippen molar-refractivity contribution in [2.75, 3.05) is 23.7 Å². The molecule has 0 unspecified atom stereocenters. The molecular formula is C29H29N5O. The Hall–Kier alpha value is -4.03. The zero-order valence-electron chi connectivity index (χ0n) is 19.7. The van der Waals surface area contributed by atoms with Crippen LogP contribution >= 0.6 is 0 Å².